The molecule has 0 saturated carbocycles. The normalized spacial score (nSPS) is 19.7. The Hall–Kier alpha value is -1.94. The Morgan fingerprint density at radius 1 is 1.22 bits per heavy atom. The number of nitriles is 1. The van der Waals surface area contributed by atoms with Crippen LogP contribution in [0.15, 0.2) is 63.6 Å². The van der Waals surface area contributed by atoms with E-state index in [1.807, 2.05) is 48.5 Å². The van der Waals surface area contributed by atoms with Crippen LogP contribution in [0.4, 0.5) is 5.69 Å². The molecule has 4 rings (SSSR count). The molecule has 0 aromatic heterocycles. The van der Waals surface area contributed by atoms with E-state index < -0.39 is 0 Å². The average Bonchev–Trinajstić information content (AvgIpc) is 2.67. The predicted octanol–water partition coefficient (Wildman–Crippen LogP) is 5.32. The molecule has 1 atom stereocenters. The molecule has 1 fully saturated rings. The van der Waals surface area contributed by atoms with Gasteiger partial charge < -0.3 is 4.90 Å². The fourth-order valence-electron chi connectivity index (χ4n) is 3.41. The minimum atomic E-state index is -0.198. The van der Waals surface area contributed by atoms with Gasteiger partial charge in [-0.05, 0) is 35.9 Å². The molecule has 0 spiro atoms. The molecule has 2 aromatic carbocycles. The highest BCUT2D eigenvalue weighted by Crippen LogP contribution is 2.43. The molecule has 2 aliphatic rings. The van der Waals surface area contributed by atoms with Gasteiger partial charge in [0.1, 0.15) is 0 Å². The van der Waals surface area contributed by atoms with Crippen molar-refractivity contribution in [2.45, 2.75) is 12.3 Å². The molecular weight excluding hydrogens is 446 g/mol. The highest BCUT2D eigenvalue weighted by Gasteiger charge is 2.38. The van der Waals surface area contributed by atoms with E-state index in [9.17, 15) is 10.1 Å². The van der Waals surface area contributed by atoms with Gasteiger partial charge in [0.25, 0.3) is 0 Å². The van der Waals surface area contributed by atoms with E-state index in [-0.39, 0.29) is 11.8 Å². The van der Waals surface area contributed by atoms with Crippen molar-refractivity contribution in [1.29, 1.82) is 5.26 Å². The fourth-order valence-corrected chi connectivity index (χ4v) is 5.18. The molecule has 27 heavy (non-hydrogen) atoms. The van der Waals surface area contributed by atoms with Gasteiger partial charge >= 0.3 is 0 Å². The van der Waals surface area contributed by atoms with E-state index in [2.05, 4.69) is 26.9 Å². The van der Waals surface area contributed by atoms with Gasteiger partial charge in [0.05, 0.1) is 29.2 Å². The standard InChI is InChI=1S/C20H15BrClN3OS/c21-14-4-1-3-13(7-14)17-9-19(26)25-11-24(12-27-20(25)18(17)10-23)16-6-2-5-15(22)8-16/h1-8,17H,9,11-12H2/t17-/m0/s1. The molecular formula is C20H15BrClN3OS. The van der Waals surface area contributed by atoms with Crippen molar-refractivity contribution < 1.29 is 4.79 Å². The number of carbonyl (C=O) groups is 1. The number of nitrogens with zero attached hydrogens (tertiary/aromatic N) is 3. The van der Waals surface area contributed by atoms with Crippen LogP contribution in [-0.4, -0.2) is 23.4 Å². The van der Waals surface area contributed by atoms with Crippen LogP contribution in [0.2, 0.25) is 5.02 Å². The monoisotopic (exact) mass is 459 g/mol. The zero-order valence-electron chi connectivity index (χ0n) is 14.2. The lowest BCUT2D eigenvalue weighted by Gasteiger charge is -2.42. The number of benzene rings is 2. The van der Waals surface area contributed by atoms with Crippen LogP contribution in [0, 0.1) is 11.3 Å². The van der Waals surface area contributed by atoms with Crippen LogP contribution in [0.3, 0.4) is 0 Å². The maximum atomic E-state index is 12.9. The lowest BCUT2D eigenvalue weighted by molar-refractivity contribution is -0.129. The Labute approximate surface area is 175 Å². The Kier molecular flexibility index (Phi) is 5.18. The lowest BCUT2D eigenvalue weighted by atomic mass is 9.86. The first kappa shape index (κ1) is 18.4. The van der Waals surface area contributed by atoms with Crippen molar-refractivity contribution in [3.63, 3.8) is 0 Å². The summed E-state index contributed by atoms with van der Waals surface area (Å²) in [7, 11) is 0. The van der Waals surface area contributed by atoms with Gasteiger partial charge in [0.2, 0.25) is 5.91 Å². The molecule has 2 aromatic rings. The topological polar surface area (TPSA) is 47.3 Å². The molecule has 1 saturated heterocycles. The molecule has 0 radical (unpaired) electrons. The van der Waals surface area contributed by atoms with Gasteiger partial charge in [-0.1, -0.05) is 57.5 Å². The summed E-state index contributed by atoms with van der Waals surface area (Å²) in [5.74, 6) is 0.500. The third-order valence-electron chi connectivity index (χ3n) is 4.72. The molecule has 136 valence electrons. The number of anilines is 1. The van der Waals surface area contributed by atoms with Crippen molar-refractivity contribution >= 4 is 50.9 Å². The zero-order valence-corrected chi connectivity index (χ0v) is 17.4. The van der Waals surface area contributed by atoms with E-state index in [0.717, 1.165) is 20.8 Å². The highest BCUT2D eigenvalue weighted by molar-refractivity contribution is 9.10. The fraction of sp³-hybridized carbons (Fsp3) is 0.200. The first-order valence-corrected chi connectivity index (χ1v) is 10.6. The van der Waals surface area contributed by atoms with Gasteiger partial charge in [0, 0.05) is 27.5 Å². The van der Waals surface area contributed by atoms with Crippen molar-refractivity contribution in [2.24, 2.45) is 0 Å². The molecule has 0 unspecified atom stereocenters. The second-order valence-corrected chi connectivity index (χ2v) is 8.68. The van der Waals surface area contributed by atoms with Crippen LogP contribution in [0.1, 0.15) is 17.9 Å². The van der Waals surface area contributed by atoms with Crippen molar-refractivity contribution in [1.82, 2.24) is 4.90 Å². The number of halogens is 2. The van der Waals surface area contributed by atoms with E-state index in [1.165, 1.54) is 11.8 Å². The van der Waals surface area contributed by atoms with Gasteiger partial charge in [-0.2, -0.15) is 5.26 Å². The number of rotatable bonds is 2. The maximum absolute atomic E-state index is 12.9. The van der Waals surface area contributed by atoms with E-state index in [1.54, 1.807) is 4.90 Å². The highest BCUT2D eigenvalue weighted by atomic mass is 79.9. The number of hydrogen-bond donors (Lipinski definition) is 0. The van der Waals surface area contributed by atoms with E-state index >= 15 is 0 Å². The van der Waals surface area contributed by atoms with Crippen molar-refractivity contribution in [2.75, 3.05) is 17.4 Å². The molecule has 0 N–H and O–H groups in total. The Morgan fingerprint density at radius 2 is 2.04 bits per heavy atom. The zero-order chi connectivity index (χ0) is 19.0. The van der Waals surface area contributed by atoms with Gasteiger partial charge in [0.15, 0.2) is 0 Å². The smallest absolute Gasteiger partial charge is 0.229 e. The molecule has 0 bridgehead atoms. The second-order valence-electron chi connectivity index (χ2n) is 6.40. The first-order valence-electron chi connectivity index (χ1n) is 8.40. The summed E-state index contributed by atoms with van der Waals surface area (Å²) in [5, 5.41) is 11.3. The minimum Gasteiger partial charge on any atom is -0.344 e. The predicted molar refractivity (Wildman–Crippen MR) is 112 cm³/mol. The summed E-state index contributed by atoms with van der Waals surface area (Å²) in [4.78, 5) is 16.7. The Bertz CT molecular complexity index is 987. The summed E-state index contributed by atoms with van der Waals surface area (Å²) < 4.78 is 0.945. The largest absolute Gasteiger partial charge is 0.344 e. The summed E-state index contributed by atoms with van der Waals surface area (Å²) in [6, 6.07) is 17.8. The van der Waals surface area contributed by atoms with Crippen LogP contribution in [-0.2, 0) is 4.79 Å². The van der Waals surface area contributed by atoms with Crippen molar-refractivity contribution in [3.8, 4) is 6.07 Å². The quantitative estimate of drug-likeness (QED) is 0.608. The van der Waals surface area contributed by atoms with Crippen LogP contribution >= 0.6 is 39.3 Å². The summed E-state index contributed by atoms with van der Waals surface area (Å²) in [6.07, 6.45) is 0.298. The molecule has 2 aliphatic heterocycles. The number of carbonyl (C=O) groups excluding carboxylic acids is 1. The maximum Gasteiger partial charge on any atom is 0.229 e. The number of allylic oxidation sites excluding steroid dienone is 1. The lowest BCUT2D eigenvalue weighted by Crippen LogP contribution is -2.47. The number of hydrogen-bond acceptors (Lipinski definition) is 4. The van der Waals surface area contributed by atoms with Crippen LogP contribution < -0.4 is 4.90 Å². The third kappa shape index (κ3) is 3.60. The Morgan fingerprint density at radius 3 is 2.78 bits per heavy atom. The summed E-state index contributed by atoms with van der Waals surface area (Å²) in [6.45, 7) is 0.428. The minimum absolute atomic E-state index is 0.0354. The first-order chi connectivity index (χ1) is 13.1. The van der Waals surface area contributed by atoms with Gasteiger partial charge in [-0.15, -0.1) is 0 Å². The molecule has 7 heteroatoms. The average molecular weight is 461 g/mol. The Balaban J connectivity index is 1.68. The van der Waals surface area contributed by atoms with Gasteiger partial charge in [-0.25, -0.2) is 0 Å². The molecule has 4 nitrogen and oxygen atoms in total. The molecule has 2 heterocycles. The second kappa shape index (κ2) is 7.59. The van der Waals surface area contributed by atoms with Gasteiger partial charge in [-0.3, -0.25) is 9.69 Å². The summed E-state index contributed by atoms with van der Waals surface area (Å²) in [5.41, 5.74) is 2.62. The molecule has 1 amide bonds. The number of fused-ring (bicyclic) bond motifs is 1. The third-order valence-corrected chi connectivity index (χ3v) is 6.60. The SMILES string of the molecule is N#CC1=C2SCN(c3cccc(Cl)c3)CN2C(=O)C[C@H]1c1cccc(Br)c1. The van der Waals surface area contributed by atoms with E-state index in [4.69, 9.17) is 11.6 Å². The summed E-state index contributed by atoms with van der Waals surface area (Å²) >= 11 is 11.1. The van der Waals surface area contributed by atoms with Crippen LogP contribution in [0.5, 0.6) is 0 Å². The van der Waals surface area contributed by atoms with Crippen molar-refractivity contribution in [3.05, 3.63) is 74.2 Å². The van der Waals surface area contributed by atoms with Crippen LogP contribution in [0.25, 0.3) is 0 Å². The molecule has 0 aliphatic carbocycles. The number of amides is 1. The number of thioether (sulfide) groups is 1. The van der Waals surface area contributed by atoms with E-state index in [0.29, 0.717) is 29.6 Å².